The van der Waals surface area contributed by atoms with Crippen LogP contribution in [0.3, 0.4) is 0 Å². The van der Waals surface area contributed by atoms with Gasteiger partial charge in [0.25, 0.3) is 0 Å². The number of hydrogen-bond donors (Lipinski definition) is 0. The third-order valence-electron chi connectivity index (χ3n) is 2.68. The zero-order valence-electron chi connectivity index (χ0n) is 10.1. The fraction of sp³-hybridized carbons (Fsp3) is 0.0833. The summed E-state index contributed by atoms with van der Waals surface area (Å²) in [6.45, 7) is 0. The second kappa shape index (κ2) is 4.13. The molecule has 0 amide bonds. The summed E-state index contributed by atoms with van der Waals surface area (Å²) < 4.78 is 25.2. The van der Waals surface area contributed by atoms with Crippen molar-refractivity contribution in [3.05, 3.63) is 42.6 Å². The summed E-state index contributed by atoms with van der Waals surface area (Å²) in [7, 11) is -3.49. The molecule has 3 aromatic rings. The molecule has 19 heavy (non-hydrogen) atoms. The third kappa shape index (κ3) is 1.97. The third-order valence-corrected chi connectivity index (χ3v) is 3.66. The smallest absolute Gasteiger partial charge is 0.203 e. The van der Waals surface area contributed by atoms with E-state index in [0.717, 1.165) is 11.8 Å². The van der Waals surface area contributed by atoms with E-state index in [1.807, 2.05) is 30.3 Å². The van der Waals surface area contributed by atoms with Crippen LogP contribution in [-0.4, -0.2) is 34.5 Å². The van der Waals surface area contributed by atoms with Crippen molar-refractivity contribution in [3.63, 3.8) is 0 Å². The first-order valence-electron chi connectivity index (χ1n) is 5.53. The number of sulfone groups is 1. The van der Waals surface area contributed by atoms with Crippen LogP contribution >= 0.6 is 0 Å². The maximum atomic E-state index is 11.8. The van der Waals surface area contributed by atoms with Gasteiger partial charge >= 0.3 is 0 Å². The molecule has 0 aliphatic carbocycles. The Morgan fingerprint density at radius 2 is 1.79 bits per heavy atom. The molecule has 0 fully saturated rings. The first-order valence-corrected chi connectivity index (χ1v) is 7.42. The predicted molar refractivity (Wildman–Crippen MR) is 69.3 cm³/mol. The summed E-state index contributed by atoms with van der Waals surface area (Å²) in [5, 5.41) is 11.7. The molecule has 1 aromatic carbocycles. The minimum Gasteiger partial charge on any atom is -0.222 e. The zero-order chi connectivity index (χ0) is 13.5. The van der Waals surface area contributed by atoms with Gasteiger partial charge in [-0.25, -0.2) is 12.9 Å². The lowest BCUT2D eigenvalue weighted by Gasteiger charge is -2.08. The van der Waals surface area contributed by atoms with Gasteiger partial charge in [0.2, 0.25) is 5.03 Å². The SMILES string of the molecule is CS(=O)(=O)c1nnc2ccnn2c1-c1ccccc1. The van der Waals surface area contributed by atoms with Crippen molar-refractivity contribution in [3.8, 4) is 11.3 Å². The van der Waals surface area contributed by atoms with Gasteiger partial charge in [-0.15, -0.1) is 10.2 Å². The molecular weight excluding hydrogens is 264 g/mol. The van der Waals surface area contributed by atoms with Gasteiger partial charge in [0.15, 0.2) is 15.5 Å². The topological polar surface area (TPSA) is 77.2 Å². The predicted octanol–water partition coefficient (Wildman–Crippen LogP) is 1.19. The molecule has 3 rings (SSSR count). The van der Waals surface area contributed by atoms with Gasteiger partial charge in [0.1, 0.15) is 5.69 Å². The van der Waals surface area contributed by atoms with Gasteiger partial charge in [-0.3, -0.25) is 0 Å². The van der Waals surface area contributed by atoms with E-state index in [-0.39, 0.29) is 5.03 Å². The zero-order valence-corrected chi connectivity index (χ0v) is 10.9. The van der Waals surface area contributed by atoms with E-state index < -0.39 is 9.84 Å². The van der Waals surface area contributed by atoms with Crippen LogP contribution in [0.1, 0.15) is 0 Å². The van der Waals surface area contributed by atoms with E-state index in [1.165, 1.54) is 4.52 Å². The molecule has 0 unspecified atom stereocenters. The van der Waals surface area contributed by atoms with E-state index in [9.17, 15) is 8.42 Å². The number of hydrogen-bond acceptors (Lipinski definition) is 5. The van der Waals surface area contributed by atoms with Crippen molar-refractivity contribution in [2.45, 2.75) is 5.03 Å². The first-order chi connectivity index (χ1) is 9.07. The van der Waals surface area contributed by atoms with Crippen LogP contribution in [-0.2, 0) is 9.84 Å². The lowest BCUT2D eigenvalue weighted by Crippen LogP contribution is -2.10. The molecule has 0 aliphatic heterocycles. The first kappa shape index (κ1) is 11.8. The highest BCUT2D eigenvalue weighted by Gasteiger charge is 2.21. The highest BCUT2D eigenvalue weighted by Crippen LogP contribution is 2.25. The number of fused-ring (bicyclic) bond motifs is 1. The molecule has 0 spiro atoms. The summed E-state index contributed by atoms with van der Waals surface area (Å²) in [6, 6.07) is 10.8. The van der Waals surface area contributed by atoms with Gasteiger partial charge in [-0.05, 0) is 0 Å². The fourth-order valence-electron chi connectivity index (χ4n) is 1.87. The molecule has 0 N–H and O–H groups in total. The summed E-state index contributed by atoms with van der Waals surface area (Å²) >= 11 is 0. The van der Waals surface area contributed by atoms with Gasteiger partial charge in [0.05, 0.1) is 6.20 Å². The quantitative estimate of drug-likeness (QED) is 0.701. The standard InChI is InChI=1S/C12H10N4O2S/c1-19(17,18)12-11(9-5-3-2-4-6-9)16-10(14-15-12)7-8-13-16/h2-8H,1H3. The number of aromatic nitrogens is 4. The van der Waals surface area contributed by atoms with Gasteiger partial charge in [-0.2, -0.15) is 5.10 Å². The van der Waals surface area contributed by atoms with Crippen LogP contribution < -0.4 is 0 Å². The molecule has 0 bridgehead atoms. The molecule has 0 saturated carbocycles. The highest BCUT2D eigenvalue weighted by molar-refractivity contribution is 7.90. The average molecular weight is 274 g/mol. The van der Waals surface area contributed by atoms with Crippen molar-refractivity contribution in [2.75, 3.05) is 6.26 Å². The summed E-state index contributed by atoms with van der Waals surface area (Å²) in [5.74, 6) is 0. The van der Waals surface area contributed by atoms with E-state index in [0.29, 0.717) is 11.3 Å². The minimum atomic E-state index is -3.49. The monoisotopic (exact) mass is 274 g/mol. The van der Waals surface area contributed by atoms with Crippen molar-refractivity contribution in [1.82, 2.24) is 19.8 Å². The van der Waals surface area contributed by atoms with Crippen LogP contribution in [0.25, 0.3) is 16.9 Å². The van der Waals surface area contributed by atoms with Gasteiger partial charge in [-0.1, -0.05) is 30.3 Å². The Labute approximate surface area is 109 Å². The van der Waals surface area contributed by atoms with Crippen molar-refractivity contribution in [1.29, 1.82) is 0 Å². The second-order valence-corrected chi connectivity index (χ2v) is 6.02. The number of benzene rings is 1. The molecule has 2 heterocycles. The summed E-state index contributed by atoms with van der Waals surface area (Å²) in [4.78, 5) is 0. The molecule has 7 heteroatoms. The molecule has 6 nitrogen and oxygen atoms in total. The minimum absolute atomic E-state index is 0.0742. The van der Waals surface area contributed by atoms with Crippen LogP contribution in [0.15, 0.2) is 47.6 Å². The van der Waals surface area contributed by atoms with Crippen molar-refractivity contribution < 1.29 is 8.42 Å². The lowest BCUT2D eigenvalue weighted by molar-refractivity contribution is 0.595. The van der Waals surface area contributed by atoms with Crippen LogP contribution in [0.4, 0.5) is 0 Å². The van der Waals surface area contributed by atoms with Crippen molar-refractivity contribution >= 4 is 15.5 Å². The van der Waals surface area contributed by atoms with Crippen LogP contribution in [0.5, 0.6) is 0 Å². The fourth-order valence-corrected chi connectivity index (χ4v) is 2.62. The molecule has 96 valence electrons. The van der Waals surface area contributed by atoms with Crippen LogP contribution in [0.2, 0.25) is 0 Å². The van der Waals surface area contributed by atoms with Crippen LogP contribution in [0, 0.1) is 0 Å². The van der Waals surface area contributed by atoms with Crippen molar-refractivity contribution in [2.24, 2.45) is 0 Å². The summed E-state index contributed by atoms with van der Waals surface area (Å²) in [5.41, 5.74) is 1.66. The Kier molecular flexibility index (Phi) is 2.56. The Balaban J connectivity index is 2.46. The second-order valence-electron chi connectivity index (χ2n) is 4.09. The highest BCUT2D eigenvalue weighted by atomic mass is 32.2. The van der Waals surface area contributed by atoms with E-state index in [1.54, 1.807) is 12.3 Å². The average Bonchev–Trinajstić information content (AvgIpc) is 2.85. The molecule has 0 radical (unpaired) electrons. The molecule has 0 atom stereocenters. The molecular formula is C12H10N4O2S. The Bertz CT molecular complexity index is 841. The Morgan fingerprint density at radius 3 is 2.47 bits per heavy atom. The molecule has 0 aliphatic rings. The summed E-state index contributed by atoms with van der Waals surface area (Å²) in [6.07, 6.45) is 2.67. The largest absolute Gasteiger partial charge is 0.222 e. The maximum Gasteiger partial charge on any atom is 0.203 e. The molecule has 0 saturated heterocycles. The van der Waals surface area contributed by atoms with E-state index >= 15 is 0 Å². The maximum absolute atomic E-state index is 11.8. The van der Waals surface area contributed by atoms with E-state index in [4.69, 9.17) is 0 Å². The van der Waals surface area contributed by atoms with Gasteiger partial charge in [0, 0.05) is 17.9 Å². The number of nitrogens with zero attached hydrogens (tertiary/aromatic N) is 4. The normalized spacial score (nSPS) is 11.8. The van der Waals surface area contributed by atoms with Gasteiger partial charge < -0.3 is 0 Å². The molecule has 2 aromatic heterocycles. The number of rotatable bonds is 2. The van der Waals surface area contributed by atoms with E-state index in [2.05, 4.69) is 15.3 Å². The Hall–Kier alpha value is -2.28. The lowest BCUT2D eigenvalue weighted by atomic mass is 10.2. The Morgan fingerprint density at radius 1 is 1.05 bits per heavy atom.